The number of hydrogen-bond acceptors (Lipinski definition) is 4. The fraction of sp³-hybridized carbons (Fsp3) is 0.185. The minimum atomic E-state index is -0.272. The Bertz CT molecular complexity index is 1230. The normalized spacial score (nSPS) is 12.0. The molecule has 7 heteroatoms. The summed E-state index contributed by atoms with van der Waals surface area (Å²) >= 11 is 12.3. The predicted molar refractivity (Wildman–Crippen MR) is 135 cm³/mol. The molecule has 0 unspecified atom stereocenters. The Morgan fingerprint density at radius 3 is 2.35 bits per heavy atom. The van der Waals surface area contributed by atoms with E-state index in [-0.39, 0.29) is 17.6 Å². The molecule has 0 saturated carbocycles. The Balaban J connectivity index is 1.49. The number of carbonyl (C=O) groups is 1. The molecule has 0 spiro atoms. The number of nitrogens with one attached hydrogen (secondary N) is 1. The second kappa shape index (κ2) is 11.3. The first kappa shape index (κ1) is 24.0. The summed E-state index contributed by atoms with van der Waals surface area (Å²) in [6.45, 7) is 3.58. The van der Waals surface area contributed by atoms with Crippen LogP contribution in [0.5, 0.6) is 0 Å². The van der Waals surface area contributed by atoms with Crippen LogP contribution >= 0.6 is 23.2 Å². The molecule has 1 heterocycles. The van der Waals surface area contributed by atoms with Gasteiger partial charge < -0.3 is 9.73 Å². The first-order chi connectivity index (χ1) is 16.5. The number of benzene rings is 3. The van der Waals surface area contributed by atoms with Crippen LogP contribution in [-0.2, 0) is 19.6 Å². The van der Waals surface area contributed by atoms with Gasteiger partial charge in [-0.05, 0) is 35.7 Å². The van der Waals surface area contributed by atoms with Crippen molar-refractivity contribution in [2.45, 2.75) is 32.6 Å². The van der Waals surface area contributed by atoms with Crippen LogP contribution in [0.4, 0.5) is 0 Å². The highest BCUT2D eigenvalue weighted by Gasteiger charge is 2.21. The zero-order valence-electron chi connectivity index (χ0n) is 18.7. The van der Waals surface area contributed by atoms with Crippen LogP contribution in [0.3, 0.4) is 0 Å². The maximum atomic E-state index is 12.6. The number of aromatic nitrogens is 1. The van der Waals surface area contributed by atoms with Gasteiger partial charge in [-0.3, -0.25) is 9.69 Å². The van der Waals surface area contributed by atoms with Crippen molar-refractivity contribution in [1.82, 2.24) is 15.2 Å². The summed E-state index contributed by atoms with van der Waals surface area (Å²) < 4.78 is 5.67. The van der Waals surface area contributed by atoms with Crippen LogP contribution in [-0.4, -0.2) is 15.8 Å². The largest absolute Gasteiger partial charge is 0.447 e. The molecule has 34 heavy (non-hydrogen) atoms. The zero-order valence-corrected chi connectivity index (χ0v) is 20.3. The van der Waals surface area contributed by atoms with Gasteiger partial charge in [-0.1, -0.05) is 89.9 Å². The zero-order chi connectivity index (χ0) is 23.9. The van der Waals surface area contributed by atoms with E-state index >= 15 is 0 Å². The van der Waals surface area contributed by atoms with Gasteiger partial charge in [-0.25, -0.2) is 4.98 Å². The van der Waals surface area contributed by atoms with Gasteiger partial charge in [-0.2, -0.15) is 0 Å². The van der Waals surface area contributed by atoms with Gasteiger partial charge in [0.25, 0.3) is 5.91 Å². The van der Waals surface area contributed by atoms with Crippen molar-refractivity contribution in [2.24, 2.45) is 0 Å². The summed E-state index contributed by atoms with van der Waals surface area (Å²) in [6.07, 6.45) is 1.40. The van der Waals surface area contributed by atoms with Crippen molar-refractivity contribution in [3.8, 4) is 0 Å². The summed E-state index contributed by atoms with van der Waals surface area (Å²) in [6, 6.07) is 25.6. The third kappa shape index (κ3) is 6.26. The number of rotatable bonds is 9. The molecule has 0 saturated heterocycles. The second-order valence-electron chi connectivity index (χ2n) is 8.03. The maximum Gasteiger partial charge on any atom is 0.273 e. The highest BCUT2D eigenvalue weighted by molar-refractivity contribution is 6.42. The average Bonchev–Trinajstić information content (AvgIpc) is 3.34. The van der Waals surface area contributed by atoms with Gasteiger partial charge in [0.05, 0.1) is 16.6 Å². The minimum absolute atomic E-state index is 0.0675. The molecule has 3 aromatic carbocycles. The van der Waals surface area contributed by atoms with E-state index in [1.54, 1.807) is 6.07 Å². The number of carbonyl (C=O) groups excluding carboxylic acids is 1. The molecule has 0 aliphatic carbocycles. The lowest BCUT2D eigenvalue weighted by Gasteiger charge is -2.28. The van der Waals surface area contributed by atoms with Gasteiger partial charge in [0.2, 0.25) is 5.89 Å². The molecule has 4 aromatic rings. The minimum Gasteiger partial charge on any atom is -0.447 e. The highest BCUT2D eigenvalue weighted by Crippen LogP contribution is 2.27. The summed E-state index contributed by atoms with van der Waals surface area (Å²) in [7, 11) is 0. The summed E-state index contributed by atoms with van der Waals surface area (Å²) in [5, 5.41) is 3.91. The molecule has 0 radical (unpaired) electrons. The number of hydrogen-bond donors (Lipinski definition) is 1. The average molecular weight is 494 g/mol. The van der Waals surface area contributed by atoms with Crippen molar-refractivity contribution in [1.29, 1.82) is 0 Å². The fourth-order valence-electron chi connectivity index (χ4n) is 3.67. The van der Waals surface area contributed by atoms with Crippen molar-refractivity contribution in [2.75, 3.05) is 0 Å². The third-order valence-electron chi connectivity index (χ3n) is 5.62. The standard InChI is InChI=1S/C27H25Cl2N3O2/c1-19(22-10-6-3-7-11-22)32(16-21-12-13-23(28)24(29)14-21)17-26-31-25(18-34-26)27(33)30-15-20-8-4-2-5-9-20/h2-14,18-19H,15-17H2,1H3,(H,30,33)/t19-/m0/s1. The van der Waals surface area contributed by atoms with Gasteiger partial charge >= 0.3 is 0 Å². The summed E-state index contributed by atoms with van der Waals surface area (Å²) in [4.78, 5) is 19.2. The van der Waals surface area contributed by atoms with Crippen molar-refractivity contribution < 1.29 is 9.21 Å². The van der Waals surface area contributed by atoms with E-state index in [1.807, 2.05) is 60.7 Å². The first-order valence-electron chi connectivity index (χ1n) is 11.0. The lowest BCUT2D eigenvalue weighted by molar-refractivity contribution is 0.0945. The Morgan fingerprint density at radius 1 is 0.941 bits per heavy atom. The van der Waals surface area contributed by atoms with Gasteiger partial charge in [-0.15, -0.1) is 0 Å². The molecule has 0 aliphatic heterocycles. The van der Waals surface area contributed by atoms with E-state index in [0.29, 0.717) is 35.6 Å². The topological polar surface area (TPSA) is 58.4 Å². The van der Waals surface area contributed by atoms with E-state index < -0.39 is 0 Å². The number of nitrogens with zero attached hydrogens (tertiary/aromatic N) is 2. The molecule has 0 fully saturated rings. The lowest BCUT2D eigenvalue weighted by Crippen LogP contribution is -2.27. The van der Waals surface area contributed by atoms with E-state index in [4.69, 9.17) is 27.6 Å². The molecule has 1 atom stereocenters. The summed E-state index contributed by atoms with van der Waals surface area (Å²) in [5.41, 5.74) is 3.45. The molecular weight excluding hydrogens is 469 g/mol. The summed E-state index contributed by atoms with van der Waals surface area (Å²) in [5.74, 6) is 0.193. The van der Waals surface area contributed by atoms with Gasteiger partial charge in [0, 0.05) is 19.1 Å². The molecule has 4 rings (SSSR count). The molecule has 0 bridgehead atoms. The van der Waals surface area contributed by atoms with Crippen LogP contribution in [0.1, 0.15) is 46.0 Å². The fourth-order valence-corrected chi connectivity index (χ4v) is 4.00. The Labute approximate surface area is 209 Å². The quantitative estimate of drug-likeness (QED) is 0.282. The molecule has 174 valence electrons. The van der Waals surface area contributed by atoms with Crippen LogP contribution in [0, 0.1) is 0 Å². The Morgan fingerprint density at radius 2 is 1.65 bits per heavy atom. The number of oxazole rings is 1. The van der Waals surface area contributed by atoms with Crippen LogP contribution in [0.25, 0.3) is 0 Å². The number of halogens is 2. The third-order valence-corrected chi connectivity index (χ3v) is 6.36. The predicted octanol–water partition coefficient (Wildman–Crippen LogP) is 6.67. The van der Waals surface area contributed by atoms with E-state index in [0.717, 1.165) is 16.7 Å². The monoisotopic (exact) mass is 493 g/mol. The molecule has 0 aliphatic rings. The molecule has 1 N–H and O–H groups in total. The second-order valence-corrected chi connectivity index (χ2v) is 8.85. The van der Waals surface area contributed by atoms with Crippen molar-refractivity contribution in [3.05, 3.63) is 123 Å². The van der Waals surface area contributed by atoms with E-state index in [2.05, 4.69) is 34.3 Å². The van der Waals surface area contributed by atoms with E-state index in [1.165, 1.54) is 6.26 Å². The molecule has 1 aromatic heterocycles. The van der Waals surface area contributed by atoms with Crippen LogP contribution in [0.15, 0.2) is 89.5 Å². The smallest absolute Gasteiger partial charge is 0.273 e. The van der Waals surface area contributed by atoms with Gasteiger partial charge in [0.15, 0.2) is 5.69 Å². The van der Waals surface area contributed by atoms with Crippen LogP contribution in [0.2, 0.25) is 10.0 Å². The first-order valence-corrected chi connectivity index (χ1v) is 11.7. The SMILES string of the molecule is C[C@@H](c1ccccc1)N(Cc1ccc(Cl)c(Cl)c1)Cc1nc(C(=O)NCc2ccccc2)co1. The number of amides is 1. The Kier molecular flexibility index (Phi) is 8.01. The van der Waals surface area contributed by atoms with E-state index in [9.17, 15) is 4.79 Å². The molecular formula is C27H25Cl2N3O2. The highest BCUT2D eigenvalue weighted by atomic mass is 35.5. The Hall–Kier alpha value is -3.12. The lowest BCUT2D eigenvalue weighted by atomic mass is 10.1. The van der Waals surface area contributed by atoms with Gasteiger partial charge in [0.1, 0.15) is 6.26 Å². The maximum absolute atomic E-state index is 12.6. The van der Waals surface area contributed by atoms with Crippen molar-refractivity contribution >= 4 is 29.1 Å². The molecule has 1 amide bonds. The molecule has 5 nitrogen and oxygen atoms in total. The van der Waals surface area contributed by atoms with Crippen LogP contribution < -0.4 is 5.32 Å². The van der Waals surface area contributed by atoms with Crippen molar-refractivity contribution in [3.63, 3.8) is 0 Å².